The zero-order valence-corrected chi connectivity index (χ0v) is 10.3. The molecule has 0 aromatic carbocycles. The second-order valence-electron chi connectivity index (χ2n) is 3.49. The molecule has 20 heavy (non-hydrogen) atoms. The summed E-state index contributed by atoms with van der Waals surface area (Å²) in [5, 5.41) is 0. The summed E-state index contributed by atoms with van der Waals surface area (Å²) in [6.07, 6.45) is -11.8. The van der Waals surface area contributed by atoms with Crippen LogP contribution in [0.25, 0.3) is 0 Å². The molecule has 0 saturated carbocycles. The smallest absolute Gasteiger partial charge is 0.290 e. The van der Waals surface area contributed by atoms with Crippen molar-refractivity contribution in [1.29, 1.82) is 0 Å². The molecule has 1 fully saturated rings. The Bertz CT molecular complexity index is 378. The predicted molar refractivity (Wildman–Crippen MR) is 47.3 cm³/mol. The molecule has 1 aliphatic rings. The number of nitrogens with zero attached hydrogens (tertiary/aromatic N) is 1. The van der Waals surface area contributed by atoms with Gasteiger partial charge in [0.2, 0.25) is 0 Å². The van der Waals surface area contributed by atoms with Crippen LogP contribution in [-0.2, 0) is 20.0 Å². The lowest BCUT2D eigenvalue weighted by atomic mass is 10.3. The Labute approximate surface area is 109 Å². The van der Waals surface area contributed by atoms with Gasteiger partial charge in [-0.25, -0.2) is 8.95 Å². The molecule has 1 atom stereocenters. The highest BCUT2D eigenvalue weighted by Gasteiger charge is 2.82. The zero-order chi connectivity index (χ0) is 16.0. The molecule has 0 aromatic heterocycles. The van der Waals surface area contributed by atoms with Gasteiger partial charge in [-0.05, 0) is 6.92 Å². The van der Waals surface area contributed by atoms with Crippen LogP contribution >= 0.6 is 0 Å². The van der Waals surface area contributed by atoms with Crippen molar-refractivity contribution >= 4 is 11.1 Å². The van der Waals surface area contributed by atoms with E-state index in [2.05, 4.69) is 8.92 Å². The summed E-state index contributed by atoms with van der Waals surface area (Å²) in [4.78, 5) is -1.89. The summed E-state index contributed by atoms with van der Waals surface area (Å²) in [7, 11) is 0. The van der Waals surface area contributed by atoms with E-state index < -0.39 is 52.8 Å². The van der Waals surface area contributed by atoms with Gasteiger partial charge in [0.05, 0.1) is 6.61 Å². The van der Waals surface area contributed by atoms with Gasteiger partial charge in [0.1, 0.15) is 5.88 Å². The highest BCUT2D eigenvalue weighted by atomic mass is 32.2. The van der Waals surface area contributed by atoms with Crippen LogP contribution in [0.2, 0.25) is 0 Å². The number of hydrogen-bond acceptors (Lipinski definition) is 4. The largest absolute Gasteiger partial charge is 0.439 e. The van der Waals surface area contributed by atoms with Gasteiger partial charge < -0.3 is 0 Å². The van der Waals surface area contributed by atoms with E-state index in [1.807, 2.05) is 0 Å². The first-order valence-corrected chi connectivity index (χ1v) is 6.05. The Morgan fingerprint density at radius 2 is 1.40 bits per heavy atom. The Morgan fingerprint density at radius 3 is 1.75 bits per heavy atom. The fourth-order valence-electron chi connectivity index (χ4n) is 1.21. The van der Waals surface area contributed by atoms with E-state index in [0.717, 1.165) is 0 Å². The molecule has 0 bridgehead atoms. The summed E-state index contributed by atoms with van der Waals surface area (Å²) in [5.74, 6) is -2.07. The van der Waals surface area contributed by atoms with Crippen molar-refractivity contribution in [3.8, 4) is 0 Å². The van der Waals surface area contributed by atoms with E-state index in [0.29, 0.717) is 0 Å². The number of morpholine rings is 1. The van der Waals surface area contributed by atoms with Crippen LogP contribution < -0.4 is 0 Å². The minimum absolute atomic E-state index is 0.402. The molecular formula is C7H7F8NO3S. The standard InChI is InChI=1S/C7H7F8NO3S/c1-2-18-20(17)3-16-4(8,9)6(12,13)19-7(14,15)5(16,10)11/h2-3H2,1H3. The highest BCUT2D eigenvalue weighted by Crippen LogP contribution is 2.55. The van der Waals surface area contributed by atoms with Crippen molar-refractivity contribution in [2.75, 3.05) is 12.5 Å². The van der Waals surface area contributed by atoms with Gasteiger partial charge in [0.15, 0.2) is 11.1 Å². The third-order valence-electron chi connectivity index (χ3n) is 2.12. The SMILES string of the molecule is CCOS(=O)CN1C(F)(F)C(F)(F)OC(F)(F)C1(F)F. The Balaban J connectivity index is 3.21. The number of alkyl halides is 8. The maximum Gasteiger partial charge on any atom is 0.439 e. The molecule has 1 saturated heterocycles. The normalized spacial score (nSPS) is 29.1. The first-order valence-electron chi connectivity index (χ1n) is 4.80. The van der Waals surface area contributed by atoms with E-state index >= 15 is 0 Å². The van der Waals surface area contributed by atoms with Crippen LogP contribution in [0.15, 0.2) is 0 Å². The van der Waals surface area contributed by atoms with Crippen LogP contribution in [-0.4, -0.2) is 45.9 Å². The van der Waals surface area contributed by atoms with Gasteiger partial charge in [0.25, 0.3) is 0 Å². The minimum atomic E-state index is -5.91. The topological polar surface area (TPSA) is 38.8 Å². The third-order valence-corrected chi connectivity index (χ3v) is 3.09. The van der Waals surface area contributed by atoms with Gasteiger partial charge in [-0.1, -0.05) is 0 Å². The van der Waals surface area contributed by atoms with Gasteiger partial charge in [-0.3, -0.25) is 4.18 Å². The average molecular weight is 337 g/mol. The molecule has 1 aliphatic heterocycles. The third kappa shape index (κ3) is 2.63. The lowest BCUT2D eigenvalue weighted by Gasteiger charge is -2.46. The molecule has 1 heterocycles. The van der Waals surface area contributed by atoms with Gasteiger partial charge in [-0.15, -0.1) is 0 Å². The lowest BCUT2D eigenvalue weighted by molar-refractivity contribution is -0.560. The second-order valence-corrected chi connectivity index (χ2v) is 4.59. The maximum atomic E-state index is 13.1. The molecule has 4 nitrogen and oxygen atoms in total. The van der Waals surface area contributed by atoms with Crippen molar-refractivity contribution in [2.24, 2.45) is 0 Å². The number of ether oxygens (including phenoxy) is 1. The fraction of sp³-hybridized carbons (Fsp3) is 1.00. The summed E-state index contributed by atoms with van der Waals surface area (Å²) in [5.41, 5.74) is 0. The van der Waals surface area contributed by atoms with Crippen molar-refractivity contribution in [3.05, 3.63) is 0 Å². The van der Waals surface area contributed by atoms with Crippen LogP contribution in [0.4, 0.5) is 35.1 Å². The Hall–Kier alpha value is -0.530. The van der Waals surface area contributed by atoms with Crippen LogP contribution in [0.5, 0.6) is 0 Å². The fourth-order valence-corrected chi connectivity index (χ4v) is 2.08. The summed E-state index contributed by atoms with van der Waals surface area (Å²) >= 11 is -2.93. The van der Waals surface area contributed by atoms with E-state index in [1.54, 1.807) is 0 Å². The number of halogens is 8. The Kier molecular flexibility index (Phi) is 4.41. The molecule has 1 rings (SSSR count). The molecule has 0 aliphatic carbocycles. The molecule has 0 amide bonds. The van der Waals surface area contributed by atoms with Crippen LogP contribution in [0, 0.1) is 0 Å². The molecule has 1 unspecified atom stereocenters. The molecule has 0 aromatic rings. The van der Waals surface area contributed by atoms with Crippen molar-refractivity contribution in [2.45, 2.75) is 31.2 Å². The van der Waals surface area contributed by atoms with Crippen molar-refractivity contribution in [3.63, 3.8) is 0 Å². The van der Waals surface area contributed by atoms with E-state index in [1.165, 1.54) is 6.92 Å². The second kappa shape index (κ2) is 5.03. The first-order chi connectivity index (χ1) is 8.79. The van der Waals surface area contributed by atoms with Gasteiger partial charge >= 0.3 is 24.3 Å². The predicted octanol–water partition coefficient (Wildman–Crippen LogP) is 2.35. The molecule has 0 N–H and O–H groups in total. The zero-order valence-electron chi connectivity index (χ0n) is 9.52. The highest BCUT2D eigenvalue weighted by molar-refractivity contribution is 7.80. The first kappa shape index (κ1) is 17.5. The molecule has 13 heteroatoms. The van der Waals surface area contributed by atoms with Gasteiger partial charge in [-0.2, -0.15) is 40.0 Å². The average Bonchev–Trinajstić information content (AvgIpc) is 2.22. The van der Waals surface area contributed by atoms with Crippen LogP contribution in [0.1, 0.15) is 6.92 Å². The van der Waals surface area contributed by atoms with Crippen molar-refractivity contribution in [1.82, 2.24) is 4.90 Å². The maximum absolute atomic E-state index is 13.1. The van der Waals surface area contributed by atoms with Crippen LogP contribution in [0.3, 0.4) is 0 Å². The number of rotatable bonds is 4. The molecule has 0 radical (unpaired) electrons. The van der Waals surface area contributed by atoms with E-state index in [4.69, 9.17) is 0 Å². The molecule has 0 spiro atoms. The summed E-state index contributed by atoms with van der Waals surface area (Å²) in [6.45, 7) is 0.789. The molecular weight excluding hydrogens is 330 g/mol. The summed E-state index contributed by atoms with van der Waals surface area (Å²) in [6, 6.07) is -11.6. The van der Waals surface area contributed by atoms with E-state index in [9.17, 15) is 39.3 Å². The lowest BCUT2D eigenvalue weighted by Crippen LogP contribution is -2.74. The van der Waals surface area contributed by atoms with Crippen molar-refractivity contribution < 1.29 is 48.3 Å². The summed E-state index contributed by atoms with van der Waals surface area (Å²) < 4.78 is 121. The number of hydrogen-bond donors (Lipinski definition) is 0. The van der Waals surface area contributed by atoms with Gasteiger partial charge in [0, 0.05) is 0 Å². The minimum Gasteiger partial charge on any atom is -0.290 e. The Morgan fingerprint density at radius 1 is 1.00 bits per heavy atom. The van der Waals surface area contributed by atoms with E-state index in [-0.39, 0.29) is 0 Å². The quantitative estimate of drug-likeness (QED) is 0.583. The molecule has 120 valence electrons. The monoisotopic (exact) mass is 337 g/mol.